The molecule has 0 aromatic heterocycles. The van der Waals surface area contributed by atoms with Crippen LogP contribution in [0.3, 0.4) is 0 Å². The van der Waals surface area contributed by atoms with E-state index in [2.05, 4.69) is 26.5 Å². The maximum absolute atomic E-state index is 10.9. The lowest BCUT2D eigenvalue weighted by Crippen LogP contribution is -2.63. The molecule has 0 aromatic carbocycles. The van der Waals surface area contributed by atoms with Gasteiger partial charge in [0.1, 0.15) is 5.60 Å². The molecule has 1 heterocycles. The van der Waals surface area contributed by atoms with E-state index in [0.717, 1.165) is 32.3 Å². The summed E-state index contributed by atoms with van der Waals surface area (Å²) in [5.41, 5.74) is -0.332. The molecule has 1 saturated heterocycles. The van der Waals surface area contributed by atoms with Gasteiger partial charge in [-0.25, -0.2) is 0 Å². The van der Waals surface area contributed by atoms with E-state index in [-0.39, 0.29) is 22.5 Å². The zero-order valence-corrected chi connectivity index (χ0v) is 11.0. The van der Waals surface area contributed by atoms with E-state index in [0.29, 0.717) is 5.92 Å². The van der Waals surface area contributed by atoms with Gasteiger partial charge in [0, 0.05) is 12.0 Å². The lowest BCUT2D eigenvalue weighted by atomic mass is 9.54. The molecule has 96 valence electrons. The summed E-state index contributed by atoms with van der Waals surface area (Å²) in [4.78, 5) is 0. The van der Waals surface area contributed by atoms with Gasteiger partial charge in [-0.15, -0.1) is 6.58 Å². The number of hydrogen-bond acceptors (Lipinski definition) is 2. The summed E-state index contributed by atoms with van der Waals surface area (Å²) in [5, 5.41) is 10.9. The van der Waals surface area contributed by atoms with Gasteiger partial charge in [-0.1, -0.05) is 19.9 Å². The van der Waals surface area contributed by atoms with Gasteiger partial charge < -0.3 is 9.84 Å². The largest absolute Gasteiger partial charge is 0.390 e. The van der Waals surface area contributed by atoms with E-state index in [1.54, 1.807) is 0 Å². The zero-order valence-electron chi connectivity index (χ0n) is 11.0. The van der Waals surface area contributed by atoms with Crippen LogP contribution in [-0.2, 0) is 4.74 Å². The minimum absolute atomic E-state index is 0.0205. The topological polar surface area (TPSA) is 29.5 Å². The lowest BCUT2D eigenvalue weighted by Gasteiger charge is -2.56. The summed E-state index contributed by atoms with van der Waals surface area (Å²) in [7, 11) is 0. The first-order valence-corrected chi connectivity index (χ1v) is 6.94. The van der Waals surface area contributed by atoms with Gasteiger partial charge in [-0.2, -0.15) is 0 Å². The molecule has 17 heavy (non-hydrogen) atoms. The molecule has 2 aliphatic carbocycles. The first-order chi connectivity index (χ1) is 7.98. The summed E-state index contributed by atoms with van der Waals surface area (Å²) in [5.74, 6) is 0.616. The van der Waals surface area contributed by atoms with Crippen molar-refractivity contribution >= 4 is 0 Å². The van der Waals surface area contributed by atoms with Crippen molar-refractivity contribution in [2.45, 2.75) is 57.7 Å². The van der Waals surface area contributed by atoms with Crippen LogP contribution in [0.2, 0.25) is 0 Å². The van der Waals surface area contributed by atoms with Crippen LogP contribution < -0.4 is 0 Å². The molecule has 4 atom stereocenters. The van der Waals surface area contributed by atoms with Gasteiger partial charge in [0.05, 0.1) is 6.10 Å². The van der Waals surface area contributed by atoms with Gasteiger partial charge in [-0.3, -0.25) is 0 Å². The van der Waals surface area contributed by atoms with Gasteiger partial charge in [0.25, 0.3) is 0 Å². The van der Waals surface area contributed by atoms with E-state index in [1.165, 1.54) is 6.42 Å². The molecule has 0 amide bonds. The summed E-state index contributed by atoms with van der Waals surface area (Å²) >= 11 is 0. The predicted molar refractivity (Wildman–Crippen MR) is 67.7 cm³/mol. The number of rotatable bonds is 1. The molecular formula is C15H24O2. The van der Waals surface area contributed by atoms with Crippen LogP contribution in [0.15, 0.2) is 12.7 Å². The minimum atomic E-state index is -0.350. The number of hydrogen-bond donors (Lipinski definition) is 1. The highest BCUT2D eigenvalue weighted by molar-refractivity contribution is 5.23. The van der Waals surface area contributed by atoms with Crippen molar-refractivity contribution in [3.8, 4) is 0 Å². The second kappa shape index (κ2) is 3.36. The Balaban J connectivity index is 2.11. The van der Waals surface area contributed by atoms with Gasteiger partial charge in [0.15, 0.2) is 0 Å². The quantitative estimate of drug-likeness (QED) is 0.709. The van der Waals surface area contributed by atoms with E-state index in [1.807, 2.05) is 0 Å². The second-order valence-electron chi connectivity index (χ2n) is 6.87. The van der Waals surface area contributed by atoms with Crippen LogP contribution in [0.1, 0.15) is 46.0 Å². The molecule has 2 saturated carbocycles. The number of aliphatic hydroxyl groups is 1. The molecule has 2 nitrogen and oxygen atoms in total. The van der Waals surface area contributed by atoms with Crippen molar-refractivity contribution < 1.29 is 9.84 Å². The molecule has 0 unspecified atom stereocenters. The molecule has 3 rings (SSSR count). The Labute approximate surface area is 104 Å². The highest BCUT2D eigenvalue weighted by Gasteiger charge is 2.68. The SMILES string of the molecule is C=C[C@@]12CC[C@@H](C1)C(C)(C)[C@@H](O)[C@@]21CCCO1. The fourth-order valence-electron chi connectivity index (χ4n) is 4.82. The summed E-state index contributed by atoms with van der Waals surface area (Å²) in [6.45, 7) is 9.29. The van der Waals surface area contributed by atoms with Crippen molar-refractivity contribution in [3.05, 3.63) is 12.7 Å². The fourth-order valence-corrected chi connectivity index (χ4v) is 4.82. The van der Waals surface area contributed by atoms with E-state index in [9.17, 15) is 5.11 Å². The average molecular weight is 236 g/mol. The Morgan fingerprint density at radius 1 is 1.35 bits per heavy atom. The van der Waals surface area contributed by atoms with Crippen LogP contribution in [-0.4, -0.2) is 23.4 Å². The lowest BCUT2D eigenvalue weighted by molar-refractivity contribution is -0.213. The highest BCUT2D eigenvalue weighted by atomic mass is 16.5. The van der Waals surface area contributed by atoms with Crippen LogP contribution in [0, 0.1) is 16.7 Å². The standard InChI is InChI=1S/C15H24O2/c1-4-14-8-6-11(10-14)13(2,3)12(16)15(14)7-5-9-17-15/h4,11-12,16H,1,5-10H2,2-3H3/t11-,12+,14+,15-/m0/s1. The molecule has 1 N–H and O–H groups in total. The molecule has 3 fully saturated rings. The van der Waals surface area contributed by atoms with Crippen molar-refractivity contribution in [1.82, 2.24) is 0 Å². The van der Waals surface area contributed by atoms with Gasteiger partial charge >= 0.3 is 0 Å². The summed E-state index contributed by atoms with van der Waals surface area (Å²) in [6.07, 6.45) is 7.32. The molecule has 3 aliphatic rings. The van der Waals surface area contributed by atoms with Crippen LogP contribution in [0.4, 0.5) is 0 Å². The fraction of sp³-hybridized carbons (Fsp3) is 0.867. The molecule has 2 heteroatoms. The Bertz CT molecular complexity index is 341. The summed E-state index contributed by atoms with van der Waals surface area (Å²) in [6, 6.07) is 0. The Morgan fingerprint density at radius 3 is 2.71 bits per heavy atom. The number of ether oxygens (including phenoxy) is 1. The molecule has 0 radical (unpaired) electrons. The molecule has 0 aromatic rings. The van der Waals surface area contributed by atoms with Crippen molar-refractivity contribution in [3.63, 3.8) is 0 Å². The maximum Gasteiger partial charge on any atom is 0.104 e. The maximum atomic E-state index is 10.9. The smallest absolute Gasteiger partial charge is 0.104 e. The first-order valence-electron chi connectivity index (χ1n) is 6.94. The van der Waals surface area contributed by atoms with Crippen LogP contribution in [0.5, 0.6) is 0 Å². The molecule has 2 bridgehead atoms. The zero-order chi connectivity index (χ0) is 12.3. The van der Waals surface area contributed by atoms with Gasteiger partial charge in [-0.05, 0) is 43.4 Å². The minimum Gasteiger partial charge on any atom is -0.390 e. The third kappa shape index (κ3) is 1.18. The van der Waals surface area contributed by atoms with E-state index < -0.39 is 0 Å². The molecule has 1 spiro atoms. The average Bonchev–Trinajstić information content (AvgIpc) is 2.94. The monoisotopic (exact) mass is 236 g/mol. The summed E-state index contributed by atoms with van der Waals surface area (Å²) < 4.78 is 6.13. The number of aliphatic hydroxyl groups excluding tert-OH is 1. The van der Waals surface area contributed by atoms with Crippen molar-refractivity contribution in [2.24, 2.45) is 16.7 Å². The normalized spacial score (nSPS) is 51.9. The van der Waals surface area contributed by atoms with Crippen molar-refractivity contribution in [2.75, 3.05) is 6.61 Å². The predicted octanol–water partition coefficient (Wildman–Crippen LogP) is 2.91. The van der Waals surface area contributed by atoms with E-state index >= 15 is 0 Å². The van der Waals surface area contributed by atoms with Gasteiger partial charge in [0.2, 0.25) is 0 Å². The highest BCUT2D eigenvalue weighted by Crippen LogP contribution is 2.66. The Kier molecular flexibility index (Phi) is 2.32. The second-order valence-corrected chi connectivity index (χ2v) is 6.87. The molecule has 1 aliphatic heterocycles. The Hall–Kier alpha value is -0.340. The first kappa shape index (κ1) is 11.7. The Morgan fingerprint density at radius 2 is 2.12 bits per heavy atom. The van der Waals surface area contributed by atoms with Crippen LogP contribution in [0.25, 0.3) is 0 Å². The number of fused-ring (bicyclic) bond motifs is 3. The van der Waals surface area contributed by atoms with Crippen molar-refractivity contribution in [1.29, 1.82) is 0 Å². The van der Waals surface area contributed by atoms with Crippen LogP contribution >= 0.6 is 0 Å². The van der Waals surface area contributed by atoms with E-state index in [4.69, 9.17) is 4.74 Å². The third-order valence-corrected chi connectivity index (χ3v) is 6.03. The third-order valence-electron chi connectivity index (χ3n) is 6.03. The molecular weight excluding hydrogens is 212 g/mol.